The largest absolute Gasteiger partial charge is 0.462 e. The van der Waals surface area contributed by atoms with Crippen LogP contribution in [0.3, 0.4) is 0 Å². The van der Waals surface area contributed by atoms with Gasteiger partial charge in [0.25, 0.3) is 0 Å². The minimum Gasteiger partial charge on any atom is -0.462 e. The molecule has 2 aromatic rings. The lowest BCUT2D eigenvalue weighted by Crippen LogP contribution is -2.42. The molecular formula is C25H32N2O5S2. The Bertz CT molecular complexity index is 1180. The van der Waals surface area contributed by atoms with E-state index in [2.05, 4.69) is 19.2 Å². The summed E-state index contributed by atoms with van der Waals surface area (Å²) in [4.78, 5) is 26.8. The van der Waals surface area contributed by atoms with Gasteiger partial charge >= 0.3 is 5.97 Å². The SMILES string of the molecule is CCOC(=O)c1c(NCC(=O)c2cccc(S(=O)(=O)N3CC(C)CC(C)C3)c2)sc2c1CCC2. The normalized spacial score (nSPS) is 20.7. The highest BCUT2D eigenvalue weighted by Crippen LogP contribution is 2.39. The molecule has 2 heterocycles. The van der Waals surface area contributed by atoms with E-state index in [1.165, 1.54) is 21.7 Å². The molecule has 0 radical (unpaired) electrons. The molecule has 2 unspecified atom stereocenters. The van der Waals surface area contributed by atoms with Crippen molar-refractivity contribution < 1.29 is 22.7 Å². The maximum atomic E-state index is 13.2. The molecule has 1 aromatic heterocycles. The van der Waals surface area contributed by atoms with Crippen LogP contribution in [-0.2, 0) is 27.6 Å². The number of esters is 1. The number of nitrogens with zero attached hydrogens (tertiary/aromatic N) is 1. The molecule has 9 heteroatoms. The Balaban J connectivity index is 1.50. The zero-order valence-corrected chi connectivity index (χ0v) is 21.6. The van der Waals surface area contributed by atoms with Crippen molar-refractivity contribution in [3.05, 3.63) is 45.8 Å². The number of piperidine rings is 1. The van der Waals surface area contributed by atoms with Crippen LogP contribution in [0.1, 0.15) is 64.8 Å². The molecule has 184 valence electrons. The summed E-state index contributed by atoms with van der Waals surface area (Å²) >= 11 is 1.50. The molecule has 1 aromatic carbocycles. The van der Waals surface area contributed by atoms with E-state index >= 15 is 0 Å². The molecule has 1 aliphatic carbocycles. The number of ether oxygens (including phenoxy) is 1. The van der Waals surface area contributed by atoms with E-state index in [0.717, 1.165) is 36.1 Å². The van der Waals surface area contributed by atoms with Gasteiger partial charge in [-0.25, -0.2) is 13.2 Å². The van der Waals surface area contributed by atoms with Crippen molar-refractivity contribution in [1.82, 2.24) is 4.31 Å². The van der Waals surface area contributed by atoms with Crippen LogP contribution in [0.15, 0.2) is 29.2 Å². The van der Waals surface area contributed by atoms with Gasteiger partial charge in [0.2, 0.25) is 10.0 Å². The van der Waals surface area contributed by atoms with Gasteiger partial charge in [0.05, 0.1) is 23.6 Å². The summed E-state index contributed by atoms with van der Waals surface area (Å²) in [6.07, 6.45) is 3.79. The first-order valence-corrected chi connectivity index (χ1v) is 14.1. The summed E-state index contributed by atoms with van der Waals surface area (Å²) in [6.45, 7) is 7.14. The monoisotopic (exact) mass is 504 g/mol. The second kappa shape index (κ2) is 10.2. The van der Waals surface area contributed by atoms with Crippen LogP contribution in [0.4, 0.5) is 5.00 Å². The Morgan fingerprint density at radius 2 is 1.91 bits per heavy atom. The molecule has 0 amide bonds. The first-order chi connectivity index (χ1) is 16.2. The number of anilines is 1. The van der Waals surface area contributed by atoms with Gasteiger partial charge in [0.1, 0.15) is 5.00 Å². The van der Waals surface area contributed by atoms with Crippen molar-refractivity contribution in [2.24, 2.45) is 11.8 Å². The fourth-order valence-electron chi connectivity index (χ4n) is 4.99. The maximum absolute atomic E-state index is 13.2. The van der Waals surface area contributed by atoms with Crippen LogP contribution >= 0.6 is 11.3 Å². The van der Waals surface area contributed by atoms with Crippen molar-refractivity contribution in [1.29, 1.82) is 0 Å². The molecule has 34 heavy (non-hydrogen) atoms. The van der Waals surface area contributed by atoms with Gasteiger partial charge < -0.3 is 10.1 Å². The average Bonchev–Trinajstić information content (AvgIpc) is 3.38. The number of hydrogen-bond acceptors (Lipinski definition) is 7. The number of hydrogen-bond donors (Lipinski definition) is 1. The topological polar surface area (TPSA) is 92.8 Å². The Labute approximate surface area is 205 Å². The van der Waals surface area contributed by atoms with E-state index in [-0.39, 0.29) is 29.8 Å². The fourth-order valence-corrected chi connectivity index (χ4v) is 7.99. The zero-order chi connectivity index (χ0) is 24.5. The summed E-state index contributed by atoms with van der Waals surface area (Å²) in [5.74, 6) is -0.00201. The second-order valence-corrected chi connectivity index (χ2v) is 12.4. The number of aryl methyl sites for hydroxylation is 1. The summed E-state index contributed by atoms with van der Waals surface area (Å²) in [5, 5.41) is 3.77. The number of carbonyl (C=O) groups excluding carboxylic acids is 2. The number of sulfonamides is 1. The fraction of sp³-hybridized carbons (Fsp3) is 0.520. The number of fused-ring (bicyclic) bond motifs is 1. The predicted molar refractivity (Wildman–Crippen MR) is 133 cm³/mol. The standard InChI is InChI=1S/C25H32N2O5S2/c1-4-32-25(29)23-20-9-6-10-22(20)33-24(23)26-13-21(28)18-7-5-8-19(12-18)34(30,31)27-14-16(2)11-17(3)15-27/h5,7-8,12,16-17,26H,4,6,9-11,13-15H2,1-3H3. The number of thiophene rings is 1. The maximum Gasteiger partial charge on any atom is 0.341 e. The van der Waals surface area contributed by atoms with Gasteiger partial charge in [0.15, 0.2) is 5.78 Å². The van der Waals surface area contributed by atoms with Crippen LogP contribution in [0.25, 0.3) is 0 Å². The van der Waals surface area contributed by atoms with Crippen molar-refractivity contribution in [2.75, 3.05) is 31.6 Å². The minimum absolute atomic E-state index is 0.0346. The molecule has 4 rings (SSSR count). The number of nitrogens with one attached hydrogen (secondary N) is 1. The van der Waals surface area contributed by atoms with Crippen molar-refractivity contribution in [3.8, 4) is 0 Å². The van der Waals surface area contributed by atoms with Gasteiger partial charge in [-0.1, -0.05) is 26.0 Å². The third kappa shape index (κ3) is 5.06. The van der Waals surface area contributed by atoms with Crippen LogP contribution in [0, 0.1) is 11.8 Å². The van der Waals surface area contributed by atoms with Crippen LogP contribution in [0.2, 0.25) is 0 Å². The lowest BCUT2D eigenvalue weighted by molar-refractivity contribution is 0.0526. The Morgan fingerprint density at radius 3 is 2.62 bits per heavy atom. The van der Waals surface area contributed by atoms with Crippen LogP contribution in [0.5, 0.6) is 0 Å². The third-order valence-corrected chi connectivity index (χ3v) is 9.52. The Hall–Kier alpha value is -2.23. The van der Waals surface area contributed by atoms with Gasteiger partial charge in [-0.3, -0.25) is 4.79 Å². The summed E-state index contributed by atoms with van der Waals surface area (Å²) in [7, 11) is -3.67. The number of ketones is 1. The van der Waals surface area contributed by atoms with Crippen molar-refractivity contribution >= 4 is 38.1 Å². The highest BCUT2D eigenvalue weighted by Gasteiger charge is 2.32. The molecule has 1 N–H and O–H groups in total. The van der Waals surface area contributed by atoms with E-state index in [1.54, 1.807) is 25.1 Å². The van der Waals surface area contributed by atoms with Gasteiger partial charge in [0, 0.05) is 23.5 Å². The van der Waals surface area contributed by atoms with Gasteiger partial charge in [-0.15, -0.1) is 11.3 Å². The second-order valence-electron chi connectivity index (χ2n) is 9.35. The van der Waals surface area contributed by atoms with Crippen LogP contribution in [-0.4, -0.2) is 50.7 Å². The smallest absolute Gasteiger partial charge is 0.341 e. The van der Waals surface area contributed by atoms with E-state index < -0.39 is 10.0 Å². The molecule has 7 nitrogen and oxygen atoms in total. The summed E-state index contributed by atoms with van der Waals surface area (Å²) in [6, 6.07) is 6.25. The molecule has 1 fully saturated rings. The average molecular weight is 505 g/mol. The zero-order valence-electron chi connectivity index (χ0n) is 19.9. The quantitative estimate of drug-likeness (QED) is 0.424. The van der Waals surface area contributed by atoms with E-state index in [0.29, 0.717) is 41.1 Å². The van der Waals surface area contributed by atoms with Crippen LogP contribution < -0.4 is 5.32 Å². The number of rotatable bonds is 8. The third-order valence-electron chi connectivity index (χ3n) is 6.44. The molecular weight excluding hydrogens is 472 g/mol. The van der Waals surface area contributed by atoms with Gasteiger partial charge in [-0.2, -0.15) is 4.31 Å². The molecule has 2 aliphatic rings. The number of carbonyl (C=O) groups is 2. The van der Waals surface area contributed by atoms with Gasteiger partial charge in [-0.05, 0) is 62.1 Å². The Kier molecular flexibility index (Phi) is 7.45. The summed E-state index contributed by atoms with van der Waals surface area (Å²) in [5.41, 5.74) is 1.89. The molecule has 1 saturated heterocycles. The Morgan fingerprint density at radius 1 is 1.18 bits per heavy atom. The molecule has 1 aliphatic heterocycles. The highest BCUT2D eigenvalue weighted by molar-refractivity contribution is 7.89. The van der Waals surface area contributed by atoms with E-state index in [9.17, 15) is 18.0 Å². The molecule has 0 spiro atoms. The van der Waals surface area contributed by atoms with Crippen molar-refractivity contribution in [2.45, 2.75) is 51.3 Å². The van der Waals surface area contributed by atoms with E-state index in [1.807, 2.05) is 0 Å². The highest BCUT2D eigenvalue weighted by atomic mass is 32.2. The predicted octanol–water partition coefficient (Wildman–Crippen LogP) is 4.37. The first kappa shape index (κ1) is 24.9. The first-order valence-electron chi connectivity index (χ1n) is 11.9. The lowest BCUT2D eigenvalue weighted by Gasteiger charge is -2.34. The summed E-state index contributed by atoms with van der Waals surface area (Å²) < 4.78 is 33.3. The van der Waals surface area contributed by atoms with Crippen molar-refractivity contribution in [3.63, 3.8) is 0 Å². The lowest BCUT2D eigenvalue weighted by atomic mass is 9.94. The molecule has 0 bridgehead atoms. The minimum atomic E-state index is -3.67. The van der Waals surface area contributed by atoms with E-state index in [4.69, 9.17) is 4.74 Å². The number of Topliss-reactive ketones (excluding diaryl/α,β-unsaturated/α-hetero) is 1. The molecule has 2 atom stereocenters. The number of benzene rings is 1. The molecule has 0 saturated carbocycles.